The first-order valence-corrected chi connectivity index (χ1v) is 10.6. The fourth-order valence-electron chi connectivity index (χ4n) is 4.55. The molecule has 5 rings (SSSR count). The summed E-state index contributed by atoms with van der Waals surface area (Å²) in [4.78, 5) is 26.2. The zero-order valence-electron chi connectivity index (χ0n) is 17.0. The number of aromatic nitrogens is 1. The number of benzene rings is 2. The van der Waals surface area contributed by atoms with Gasteiger partial charge in [-0.25, -0.2) is 4.39 Å². The monoisotopic (exact) mass is 441 g/mol. The van der Waals surface area contributed by atoms with Crippen LogP contribution in [0.4, 0.5) is 10.1 Å². The molecule has 3 heterocycles. The van der Waals surface area contributed by atoms with Crippen LogP contribution in [0.2, 0.25) is 5.02 Å². The number of hydrogen-bond donors (Lipinski definition) is 1. The third-order valence-corrected chi connectivity index (χ3v) is 6.37. The molecule has 2 aliphatic rings. The molecule has 0 radical (unpaired) electrons. The number of likely N-dealkylation sites (tertiary alicyclic amines) is 1. The third kappa shape index (κ3) is 3.53. The Morgan fingerprint density at radius 1 is 1.23 bits per heavy atom. The van der Waals surface area contributed by atoms with Gasteiger partial charge in [0.2, 0.25) is 0 Å². The maximum Gasteiger partial charge on any atom is 0.262 e. The molecule has 0 spiro atoms. The highest BCUT2D eigenvalue weighted by Crippen LogP contribution is 2.36. The normalized spacial score (nSPS) is 16.7. The molecule has 31 heavy (non-hydrogen) atoms. The summed E-state index contributed by atoms with van der Waals surface area (Å²) in [6.07, 6.45) is 3.70. The molecule has 6 nitrogen and oxygen atoms in total. The van der Waals surface area contributed by atoms with Crippen molar-refractivity contribution in [3.63, 3.8) is 0 Å². The van der Waals surface area contributed by atoms with Gasteiger partial charge >= 0.3 is 0 Å². The van der Waals surface area contributed by atoms with E-state index >= 15 is 0 Å². The van der Waals surface area contributed by atoms with E-state index < -0.39 is 5.82 Å². The smallest absolute Gasteiger partial charge is 0.262 e. The minimum absolute atomic E-state index is 0.0556. The number of carbonyl (C=O) groups excluding carboxylic acids is 2. The quantitative estimate of drug-likeness (QED) is 0.644. The Kier molecular flexibility index (Phi) is 4.85. The molecule has 0 unspecified atom stereocenters. The van der Waals surface area contributed by atoms with Crippen LogP contribution >= 0.6 is 11.6 Å². The van der Waals surface area contributed by atoms with E-state index in [1.54, 1.807) is 4.90 Å². The average Bonchev–Trinajstić information content (AvgIpc) is 3.09. The van der Waals surface area contributed by atoms with E-state index in [2.05, 4.69) is 16.1 Å². The fraction of sp³-hybridized carbons (Fsp3) is 0.304. The summed E-state index contributed by atoms with van der Waals surface area (Å²) in [5, 5.41) is 4.46. The zero-order valence-corrected chi connectivity index (χ0v) is 17.7. The second kappa shape index (κ2) is 7.57. The molecule has 2 aromatic carbocycles. The molecule has 0 bridgehead atoms. The number of rotatable bonds is 2. The molecule has 2 amide bonds. The van der Waals surface area contributed by atoms with Gasteiger partial charge in [-0.2, -0.15) is 0 Å². The Morgan fingerprint density at radius 2 is 2.00 bits per heavy atom. The van der Waals surface area contributed by atoms with Crippen LogP contribution in [-0.2, 0) is 11.8 Å². The molecule has 0 saturated carbocycles. The van der Waals surface area contributed by atoms with Crippen LogP contribution in [0, 0.1) is 5.82 Å². The van der Waals surface area contributed by atoms with Gasteiger partial charge in [-0.15, -0.1) is 0 Å². The number of carbonyl (C=O) groups is 2. The zero-order chi connectivity index (χ0) is 21.7. The van der Waals surface area contributed by atoms with Crippen molar-refractivity contribution in [2.24, 2.45) is 7.05 Å². The summed E-state index contributed by atoms with van der Waals surface area (Å²) in [5.74, 6) is -0.812. The molecule has 1 aromatic heterocycles. The van der Waals surface area contributed by atoms with Crippen LogP contribution in [0.1, 0.15) is 34.7 Å². The van der Waals surface area contributed by atoms with Gasteiger partial charge in [-0.05, 0) is 48.6 Å². The number of nitrogens with one attached hydrogen (secondary N) is 1. The van der Waals surface area contributed by atoms with E-state index in [1.165, 1.54) is 11.6 Å². The number of amides is 2. The Balaban J connectivity index is 1.34. The molecule has 2 aliphatic heterocycles. The molecule has 8 heteroatoms. The van der Waals surface area contributed by atoms with Crippen LogP contribution in [-0.4, -0.2) is 41.0 Å². The van der Waals surface area contributed by atoms with E-state index in [4.69, 9.17) is 16.3 Å². The van der Waals surface area contributed by atoms with Crippen molar-refractivity contribution in [1.29, 1.82) is 0 Å². The molecule has 1 saturated heterocycles. The summed E-state index contributed by atoms with van der Waals surface area (Å²) < 4.78 is 21.9. The number of nitrogens with zero attached hydrogens (tertiary/aromatic N) is 2. The van der Waals surface area contributed by atoms with E-state index in [1.807, 2.05) is 25.2 Å². The second-order valence-corrected chi connectivity index (χ2v) is 8.52. The van der Waals surface area contributed by atoms with Gasteiger partial charge < -0.3 is 19.5 Å². The Hall–Kier alpha value is -3.06. The van der Waals surface area contributed by atoms with Crippen molar-refractivity contribution >= 4 is 40.0 Å². The van der Waals surface area contributed by atoms with Gasteiger partial charge in [0.05, 0.1) is 11.3 Å². The second-order valence-electron chi connectivity index (χ2n) is 8.09. The topological polar surface area (TPSA) is 63.6 Å². The molecule has 160 valence electrons. The number of aryl methyl sites for hydroxylation is 1. The van der Waals surface area contributed by atoms with E-state index in [-0.39, 0.29) is 29.7 Å². The van der Waals surface area contributed by atoms with Gasteiger partial charge in [0.15, 0.2) is 6.61 Å². The number of piperidine rings is 1. The van der Waals surface area contributed by atoms with Gasteiger partial charge in [-0.3, -0.25) is 9.59 Å². The van der Waals surface area contributed by atoms with Crippen molar-refractivity contribution < 1.29 is 18.7 Å². The Labute approximate surface area is 183 Å². The van der Waals surface area contributed by atoms with Crippen LogP contribution in [0.3, 0.4) is 0 Å². The van der Waals surface area contributed by atoms with Gasteiger partial charge in [-0.1, -0.05) is 11.6 Å². The van der Waals surface area contributed by atoms with Crippen LogP contribution in [0.25, 0.3) is 10.9 Å². The standard InChI is InChI=1S/C23H21ClFN3O3/c1-27-11-17(15-8-14(24)2-3-20(15)27)13-4-6-28(7-5-13)23(30)16-9-19-21(10-18(16)25)31-12-22(29)26-19/h2-3,8-11,13H,4-7,12H2,1H3,(H,26,29). The number of halogens is 2. The first-order valence-electron chi connectivity index (χ1n) is 10.2. The Morgan fingerprint density at radius 3 is 2.77 bits per heavy atom. The van der Waals surface area contributed by atoms with Crippen LogP contribution in [0.15, 0.2) is 36.5 Å². The van der Waals surface area contributed by atoms with Crippen molar-refractivity contribution in [1.82, 2.24) is 9.47 Å². The first kappa shape index (κ1) is 19.9. The fourth-order valence-corrected chi connectivity index (χ4v) is 4.72. The van der Waals surface area contributed by atoms with Gasteiger partial charge in [0, 0.05) is 48.3 Å². The lowest BCUT2D eigenvalue weighted by Crippen LogP contribution is -2.38. The lowest BCUT2D eigenvalue weighted by Gasteiger charge is -2.32. The summed E-state index contributed by atoms with van der Waals surface area (Å²) >= 11 is 6.21. The highest BCUT2D eigenvalue weighted by molar-refractivity contribution is 6.31. The number of fused-ring (bicyclic) bond motifs is 2. The van der Waals surface area contributed by atoms with Crippen molar-refractivity contribution in [3.8, 4) is 5.75 Å². The summed E-state index contributed by atoms with van der Waals surface area (Å²) in [5.41, 5.74) is 2.62. The lowest BCUT2D eigenvalue weighted by atomic mass is 9.89. The van der Waals surface area contributed by atoms with Crippen LogP contribution in [0.5, 0.6) is 5.75 Å². The summed E-state index contributed by atoms with van der Waals surface area (Å²) in [6.45, 7) is 0.895. The molecule has 1 N–H and O–H groups in total. The summed E-state index contributed by atoms with van der Waals surface area (Å²) in [6, 6.07) is 8.41. The third-order valence-electron chi connectivity index (χ3n) is 6.14. The lowest BCUT2D eigenvalue weighted by molar-refractivity contribution is -0.118. The van der Waals surface area contributed by atoms with E-state index in [9.17, 15) is 14.0 Å². The maximum absolute atomic E-state index is 14.6. The van der Waals surface area contributed by atoms with Gasteiger partial charge in [0.1, 0.15) is 11.6 Å². The van der Waals surface area contributed by atoms with Crippen molar-refractivity contribution in [3.05, 3.63) is 58.5 Å². The summed E-state index contributed by atoms with van der Waals surface area (Å²) in [7, 11) is 2.01. The number of ether oxygens (including phenoxy) is 1. The SMILES string of the molecule is Cn1cc(C2CCN(C(=O)c3cc4c(cc3F)OCC(=O)N4)CC2)c2cc(Cl)ccc21. The minimum Gasteiger partial charge on any atom is -0.481 e. The molecule has 3 aromatic rings. The molecule has 1 fully saturated rings. The molecular weight excluding hydrogens is 421 g/mol. The van der Waals surface area contributed by atoms with Crippen molar-refractivity contribution in [2.75, 3.05) is 25.0 Å². The van der Waals surface area contributed by atoms with E-state index in [0.717, 1.165) is 29.8 Å². The number of anilines is 1. The maximum atomic E-state index is 14.6. The van der Waals surface area contributed by atoms with Crippen LogP contribution < -0.4 is 10.1 Å². The first-order chi connectivity index (χ1) is 14.9. The predicted octanol–water partition coefficient (Wildman–Crippen LogP) is 4.32. The minimum atomic E-state index is -0.647. The highest BCUT2D eigenvalue weighted by atomic mass is 35.5. The number of hydrogen-bond acceptors (Lipinski definition) is 3. The van der Waals surface area contributed by atoms with Crippen molar-refractivity contribution in [2.45, 2.75) is 18.8 Å². The van der Waals surface area contributed by atoms with Gasteiger partial charge in [0.25, 0.3) is 11.8 Å². The van der Waals surface area contributed by atoms with E-state index in [0.29, 0.717) is 29.7 Å². The molecular formula is C23H21ClFN3O3. The Bertz CT molecular complexity index is 1210. The molecule has 0 aliphatic carbocycles. The predicted molar refractivity (Wildman–Crippen MR) is 116 cm³/mol. The molecule has 0 atom stereocenters. The average molecular weight is 442 g/mol. The largest absolute Gasteiger partial charge is 0.481 e. The highest BCUT2D eigenvalue weighted by Gasteiger charge is 2.29.